The first kappa shape index (κ1) is 14.3. The van der Waals surface area contributed by atoms with Crippen molar-refractivity contribution in [3.8, 4) is 0 Å². The van der Waals surface area contributed by atoms with Crippen LogP contribution in [-0.2, 0) is 17.6 Å². The van der Waals surface area contributed by atoms with Crippen molar-refractivity contribution >= 4 is 0 Å². The van der Waals surface area contributed by atoms with Crippen molar-refractivity contribution in [2.24, 2.45) is 0 Å². The predicted octanol–water partition coefficient (Wildman–Crippen LogP) is 5.49. The molecule has 2 atom stereocenters. The van der Waals surface area contributed by atoms with Crippen LogP contribution in [0, 0.1) is 0 Å². The van der Waals surface area contributed by atoms with Gasteiger partial charge in [-0.25, -0.2) is 0 Å². The van der Waals surface area contributed by atoms with E-state index in [4.69, 9.17) is 4.74 Å². The molecule has 0 saturated heterocycles. The van der Waals surface area contributed by atoms with Crippen LogP contribution in [0.4, 0.5) is 0 Å². The number of hydrogen-bond donors (Lipinski definition) is 0. The Morgan fingerprint density at radius 3 is 1.70 bits per heavy atom. The van der Waals surface area contributed by atoms with Gasteiger partial charge in [0.25, 0.3) is 0 Å². The highest BCUT2D eigenvalue weighted by molar-refractivity contribution is 5.38. The topological polar surface area (TPSA) is 9.23 Å². The van der Waals surface area contributed by atoms with E-state index in [2.05, 4.69) is 60.7 Å². The van der Waals surface area contributed by atoms with Crippen molar-refractivity contribution in [3.63, 3.8) is 0 Å². The van der Waals surface area contributed by atoms with Crippen molar-refractivity contribution in [1.82, 2.24) is 0 Å². The van der Waals surface area contributed by atoms with Gasteiger partial charge in [-0.1, -0.05) is 48.5 Å². The molecular weight excluding hydrogens is 280 g/mol. The number of fused-ring (bicyclic) bond motifs is 2. The lowest BCUT2D eigenvalue weighted by Crippen LogP contribution is -1.89. The zero-order valence-electron chi connectivity index (χ0n) is 13.3. The fraction of sp³-hybridized carbons (Fsp3) is 0.273. The van der Waals surface area contributed by atoms with Gasteiger partial charge in [-0.2, -0.15) is 0 Å². The van der Waals surface area contributed by atoms with Crippen molar-refractivity contribution < 1.29 is 4.74 Å². The van der Waals surface area contributed by atoms with E-state index in [0.717, 1.165) is 0 Å². The van der Waals surface area contributed by atoms with Crippen LogP contribution in [0.1, 0.15) is 46.9 Å². The van der Waals surface area contributed by atoms with E-state index in [9.17, 15) is 0 Å². The Morgan fingerprint density at radius 1 is 0.696 bits per heavy atom. The molecule has 2 aromatic carbocycles. The summed E-state index contributed by atoms with van der Waals surface area (Å²) in [6, 6.07) is 17.5. The molecule has 2 aliphatic rings. The van der Waals surface area contributed by atoms with Gasteiger partial charge in [0.15, 0.2) is 0 Å². The van der Waals surface area contributed by atoms with Gasteiger partial charge >= 0.3 is 0 Å². The molecule has 2 aromatic rings. The van der Waals surface area contributed by atoms with Gasteiger partial charge in [-0.15, -0.1) is 0 Å². The van der Waals surface area contributed by atoms with Crippen molar-refractivity contribution in [2.75, 3.05) is 0 Å². The second kappa shape index (κ2) is 6.45. The molecule has 4 rings (SSSR count). The fourth-order valence-corrected chi connectivity index (χ4v) is 3.91. The van der Waals surface area contributed by atoms with E-state index >= 15 is 0 Å². The highest BCUT2D eigenvalue weighted by Crippen LogP contribution is 2.34. The third kappa shape index (κ3) is 2.96. The zero-order valence-corrected chi connectivity index (χ0v) is 13.3. The van der Waals surface area contributed by atoms with Crippen LogP contribution in [-0.4, -0.2) is 0 Å². The molecule has 0 aromatic heterocycles. The minimum atomic E-state index is 0.506. The highest BCUT2D eigenvalue weighted by atomic mass is 16.5. The molecule has 0 amide bonds. The molecule has 0 bridgehead atoms. The van der Waals surface area contributed by atoms with Crippen molar-refractivity contribution in [2.45, 2.75) is 37.5 Å². The lowest BCUT2D eigenvalue weighted by molar-refractivity contribution is 0.396. The number of hydrogen-bond acceptors (Lipinski definition) is 1. The molecule has 2 unspecified atom stereocenters. The minimum Gasteiger partial charge on any atom is -0.473 e. The van der Waals surface area contributed by atoms with Gasteiger partial charge in [0.05, 0.1) is 12.5 Å². The lowest BCUT2D eigenvalue weighted by Gasteiger charge is -2.06. The number of aryl methyl sites for hydroxylation is 2. The molecule has 1 heteroatoms. The van der Waals surface area contributed by atoms with Gasteiger partial charge in [-0.05, 0) is 60.1 Å². The monoisotopic (exact) mass is 302 g/mol. The summed E-state index contributed by atoms with van der Waals surface area (Å²) in [7, 11) is 0. The third-order valence-electron chi connectivity index (χ3n) is 5.14. The van der Waals surface area contributed by atoms with Gasteiger partial charge < -0.3 is 4.74 Å². The Morgan fingerprint density at radius 2 is 1.17 bits per heavy atom. The van der Waals surface area contributed by atoms with Crippen LogP contribution in [0.15, 0.2) is 73.2 Å². The van der Waals surface area contributed by atoms with Gasteiger partial charge in [0.1, 0.15) is 0 Å². The van der Waals surface area contributed by atoms with E-state index in [1.54, 1.807) is 0 Å². The standard InChI is InChI=1S/C22H22O/c1-3-7-21-17(5-1)9-11-19(21)13-15-23-16-14-20-12-10-18-6-2-4-8-22(18)20/h1-8,13-16,19-20H,9-12H2. The zero-order chi connectivity index (χ0) is 15.5. The summed E-state index contributed by atoms with van der Waals surface area (Å²) in [5, 5.41) is 0. The van der Waals surface area contributed by atoms with Crippen LogP contribution in [0.25, 0.3) is 0 Å². The second-order valence-corrected chi connectivity index (χ2v) is 6.48. The quantitative estimate of drug-likeness (QED) is 0.678. The van der Waals surface area contributed by atoms with E-state index < -0.39 is 0 Å². The normalized spacial score (nSPS) is 22.6. The molecule has 0 saturated carbocycles. The molecular formula is C22H22O. The summed E-state index contributed by atoms with van der Waals surface area (Å²) in [6.07, 6.45) is 12.8. The average Bonchev–Trinajstić information content (AvgIpc) is 3.19. The van der Waals surface area contributed by atoms with E-state index in [1.807, 2.05) is 12.5 Å². The Balaban J connectivity index is 1.34. The maximum Gasteiger partial charge on any atom is 0.0867 e. The first-order chi connectivity index (χ1) is 11.4. The summed E-state index contributed by atoms with van der Waals surface area (Å²) >= 11 is 0. The Kier molecular flexibility index (Phi) is 4.02. The second-order valence-electron chi connectivity index (χ2n) is 6.48. The molecule has 0 spiro atoms. The van der Waals surface area contributed by atoms with Crippen LogP contribution < -0.4 is 0 Å². The summed E-state index contributed by atoms with van der Waals surface area (Å²) in [6.45, 7) is 0. The Labute approximate surface area is 138 Å². The molecule has 116 valence electrons. The Hall–Kier alpha value is -2.28. The lowest BCUT2D eigenvalue weighted by atomic mass is 10.0. The minimum absolute atomic E-state index is 0.506. The van der Waals surface area contributed by atoms with Crippen LogP contribution in [0.3, 0.4) is 0 Å². The molecule has 23 heavy (non-hydrogen) atoms. The molecule has 0 fully saturated rings. The van der Waals surface area contributed by atoms with E-state index in [0.29, 0.717) is 11.8 Å². The number of ether oxygens (including phenoxy) is 1. The third-order valence-corrected chi connectivity index (χ3v) is 5.14. The number of allylic oxidation sites excluding steroid dienone is 2. The van der Waals surface area contributed by atoms with Crippen molar-refractivity contribution in [3.05, 3.63) is 95.5 Å². The highest BCUT2D eigenvalue weighted by Gasteiger charge is 2.20. The average molecular weight is 302 g/mol. The molecule has 2 aliphatic carbocycles. The molecule has 0 N–H and O–H groups in total. The summed E-state index contributed by atoms with van der Waals surface area (Å²) in [5.74, 6) is 1.01. The smallest absolute Gasteiger partial charge is 0.0867 e. The molecule has 1 nitrogen and oxygen atoms in total. The summed E-state index contributed by atoms with van der Waals surface area (Å²) in [4.78, 5) is 0. The van der Waals surface area contributed by atoms with Crippen LogP contribution in [0.5, 0.6) is 0 Å². The fourth-order valence-electron chi connectivity index (χ4n) is 3.91. The van der Waals surface area contributed by atoms with E-state index in [1.165, 1.54) is 47.9 Å². The summed E-state index contributed by atoms with van der Waals surface area (Å²) in [5.41, 5.74) is 5.89. The SMILES string of the molecule is C(=CC1CCc2ccccc21)OC=CC1CCc2ccccc21. The summed E-state index contributed by atoms with van der Waals surface area (Å²) < 4.78 is 5.63. The van der Waals surface area contributed by atoms with Gasteiger partial charge in [0, 0.05) is 11.8 Å². The van der Waals surface area contributed by atoms with Gasteiger partial charge in [-0.3, -0.25) is 0 Å². The first-order valence-electron chi connectivity index (χ1n) is 8.56. The van der Waals surface area contributed by atoms with Crippen LogP contribution >= 0.6 is 0 Å². The van der Waals surface area contributed by atoms with Crippen molar-refractivity contribution in [1.29, 1.82) is 0 Å². The molecule has 0 radical (unpaired) electrons. The number of benzene rings is 2. The number of rotatable bonds is 4. The first-order valence-corrected chi connectivity index (χ1v) is 8.56. The molecule has 0 aliphatic heterocycles. The Bertz CT molecular complexity index is 678. The van der Waals surface area contributed by atoms with Gasteiger partial charge in [0.2, 0.25) is 0 Å². The predicted molar refractivity (Wildman–Crippen MR) is 94.4 cm³/mol. The van der Waals surface area contributed by atoms with E-state index in [-0.39, 0.29) is 0 Å². The maximum atomic E-state index is 5.63. The maximum absolute atomic E-state index is 5.63. The largest absolute Gasteiger partial charge is 0.473 e. The van der Waals surface area contributed by atoms with Crippen LogP contribution in [0.2, 0.25) is 0 Å². The molecule has 0 heterocycles.